The van der Waals surface area contributed by atoms with Crippen molar-refractivity contribution < 1.29 is 22.4 Å². The van der Waals surface area contributed by atoms with Crippen molar-refractivity contribution in [2.75, 3.05) is 25.5 Å². The second-order valence-electron chi connectivity index (χ2n) is 6.20. The first kappa shape index (κ1) is 21.2. The molecule has 0 unspecified atom stereocenters. The molecule has 154 valence electrons. The summed E-state index contributed by atoms with van der Waals surface area (Å²) < 4.78 is 37.8. The lowest BCUT2D eigenvalue weighted by Gasteiger charge is -2.19. The van der Waals surface area contributed by atoms with E-state index in [1.165, 1.54) is 29.6 Å². The molecule has 1 N–H and O–H groups in total. The molecular weight excluding hydrogens is 416 g/mol. The summed E-state index contributed by atoms with van der Waals surface area (Å²) in [5.41, 5.74) is 0.744. The molecule has 0 aliphatic carbocycles. The van der Waals surface area contributed by atoms with Gasteiger partial charge in [-0.1, -0.05) is 25.4 Å². The zero-order valence-corrected chi connectivity index (χ0v) is 17.8. The molecule has 0 saturated carbocycles. The van der Waals surface area contributed by atoms with Crippen molar-refractivity contribution in [1.82, 2.24) is 4.31 Å². The minimum atomic E-state index is -3.69. The Bertz CT molecular complexity index is 1150. The van der Waals surface area contributed by atoms with Gasteiger partial charge >= 0.3 is 0 Å². The first-order chi connectivity index (χ1) is 13.8. The van der Waals surface area contributed by atoms with Crippen molar-refractivity contribution in [3.63, 3.8) is 0 Å². The van der Waals surface area contributed by atoms with Crippen LogP contribution in [0.25, 0.3) is 11.0 Å². The van der Waals surface area contributed by atoms with E-state index in [9.17, 15) is 13.2 Å². The van der Waals surface area contributed by atoms with E-state index in [2.05, 4.69) is 5.32 Å². The van der Waals surface area contributed by atoms with Gasteiger partial charge in [0.2, 0.25) is 10.0 Å². The van der Waals surface area contributed by atoms with Crippen LogP contribution in [0.4, 0.5) is 5.69 Å². The molecule has 2 aromatic carbocycles. The molecule has 0 saturated heterocycles. The van der Waals surface area contributed by atoms with Crippen molar-refractivity contribution in [2.45, 2.75) is 18.7 Å². The van der Waals surface area contributed by atoms with Gasteiger partial charge in [-0.05, 0) is 42.5 Å². The Morgan fingerprint density at radius 1 is 1.14 bits per heavy atom. The van der Waals surface area contributed by atoms with E-state index in [0.717, 1.165) is 0 Å². The number of carbonyl (C=O) groups excluding carboxylic acids is 1. The molecule has 0 bridgehead atoms. The van der Waals surface area contributed by atoms with Crippen molar-refractivity contribution in [3.8, 4) is 5.75 Å². The summed E-state index contributed by atoms with van der Waals surface area (Å²) >= 11 is 5.97. The highest BCUT2D eigenvalue weighted by atomic mass is 35.5. The van der Waals surface area contributed by atoms with Crippen LogP contribution in [0.15, 0.2) is 51.8 Å². The lowest BCUT2D eigenvalue weighted by Crippen LogP contribution is -2.30. The van der Waals surface area contributed by atoms with Crippen LogP contribution in [0.1, 0.15) is 24.4 Å². The van der Waals surface area contributed by atoms with Gasteiger partial charge in [-0.2, -0.15) is 4.31 Å². The molecule has 1 heterocycles. The Kier molecular flexibility index (Phi) is 6.16. The first-order valence-electron chi connectivity index (χ1n) is 8.98. The zero-order chi connectivity index (χ0) is 21.2. The van der Waals surface area contributed by atoms with Crippen molar-refractivity contribution in [3.05, 3.63) is 53.2 Å². The summed E-state index contributed by atoms with van der Waals surface area (Å²) in [6.45, 7) is 4.21. The fraction of sp³-hybridized carbons (Fsp3) is 0.250. The molecule has 0 fully saturated rings. The second-order valence-corrected chi connectivity index (χ2v) is 8.57. The van der Waals surface area contributed by atoms with E-state index < -0.39 is 15.9 Å². The van der Waals surface area contributed by atoms with Gasteiger partial charge in [0.1, 0.15) is 11.3 Å². The highest BCUT2D eigenvalue weighted by molar-refractivity contribution is 7.89. The number of hydrogen-bond acceptors (Lipinski definition) is 5. The van der Waals surface area contributed by atoms with Gasteiger partial charge in [-0.15, -0.1) is 0 Å². The Morgan fingerprint density at radius 3 is 2.52 bits per heavy atom. The number of anilines is 1. The van der Waals surface area contributed by atoms with Crippen LogP contribution in [0.2, 0.25) is 5.02 Å². The maximum Gasteiger partial charge on any atom is 0.291 e. The van der Waals surface area contributed by atoms with Gasteiger partial charge in [-0.3, -0.25) is 4.79 Å². The highest BCUT2D eigenvalue weighted by Crippen LogP contribution is 2.30. The Hall–Kier alpha value is -2.55. The average Bonchev–Trinajstić information content (AvgIpc) is 3.12. The molecule has 0 spiro atoms. The van der Waals surface area contributed by atoms with E-state index in [4.69, 9.17) is 20.8 Å². The van der Waals surface area contributed by atoms with Gasteiger partial charge in [0, 0.05) is 23.5 Å². The second kappa shape index (κ2) is 8.44. The minimum absolute atomic E-state index is 0.0636. The summed E-state index contributed by atoms with van der Waals surface area (Å²) in [5.74, 6) is -0.134. The van der Waals surface area contributed by atoms with Gasteiger partial charge in [0.15, 0.2) is 5.76 Å². The van der Waals surface area contributed by atoms with Crippen LogP contribution >= 0.6 is 11.6 Å². The molecule has 0 aliphatic rings. The Labute approximate surface area is 174 Å². The Balaban J connectivity index is 1.95. The van der Waals surface area contributed by atoms with Crippen molar-refractivity contribution in [2.24, 2.45) is 0 Å². The van der Waals surface area contributed by atoms with E-state index >= 15 is 0 Å². The van der Waals surface area contributed by atoms with E-state index in [1.54, 1.807) is 38.1 Å². The number of amides is 1. The molecular formula is C20H21ClN2O5S. The van der Waals surface area contributed by atoms with Gasteiger partial charge in [-0.25, -0.2) is 8.42 Å². The summed E-state index contributed by atoms with van der Waals surface area (Å²) in [5, 5.41) is 3.88. The number of furan rings is 1. The maximum absolute atomic E-state index is 12.8. The number of fused-ring (bicyclic) bond motifs is 1. The van der Waals surface area contributed by atoms with Gasteiger partial charge < -0.3 is 14.5 Å². The predicted octanol–water partition coefficient (Wildman–Crippen LogP) is 4.38. The normalized spacial score (nSPS) is 11.8. The number of ether oxygens (including phenoxy) is 1. The summed E-state index contributed by atoms with van der Waals surface area (Å²) in [4.78, 5) is 12.8. The molecule has 9 heteroatoms. The van der Waals surface area contributed by atoms with E-state index in [1.807, 2.05) is 0 Å². The fourth-order valence-electron chi connectivity index (χ4n) is 2.97. The number of methoxy groups -OCH3 is 1. The lowest BCUT2D eigenvalue weighted by atomic mass is 10.2. The smallest absolute Gasteiger partial charge is 0.291 e. The molecule has 0 aliphatic heterocycles. The summed E-state index contributed by atoms with van der Waals surface area (Å²) in [6.07, 6.45) is 0. The first-order valence-corrected chi connectivity index (χ1v) is 10.8. The molecule has 3 aromatic rings. The van der Waals surface area contributed by atoms with Crippen molar-refractivity contribution >= 4 is 44.2 Å². The van der Waals surface area contributed by atoms with Crippen LogP contribution in [-0.4, -0.2) is 38.8 Å². The number of nitrogens with one attached hydrogen (secondary N) is 1. The summed E-state index contributed by atoms with van der Waals surface area (Å²) in [6, 6.07) is 10.9. The largest absolute Gasteiger partial charge is 0.495 e. The fourth-order valence-corrected chi connectivity index (χ4v) is 4.63. The molecule has 7 nitrogen and oxygen atoms in total. The third kappa shape index (κ3) is 4.24. The van der Waals surface area contributed by atoms with Crippen LogP contribution in [0.3, 0.4) is 0 Å². The lowest BCUT2D eigenvalue weighted by molar-refractivity contribution is 0.0998. The molecule has 29 heavy (non-hydrogen) atoms. The SMILES string of the molecule is CCN(CC)S(=O)(=O)c1ccc(OC)c(NC(=O)c2cc3cc(Cl)ccc3o2)c1. The van der Waals surface area contributed by atoms with Crippen LogP contribution in [-0.2, 0) is 10.0 Å². The minimum Gasteiger partial charge on any atom is -0.495 e. The number of halogens is 1. The highest BCUT2D eigenvalue weighted by Gasteiger charge is 2.24. The molecule has 3 rings (SSSR count). The number of sulfonamides is 1. The quantitative estimate of drug-likeness (QED) is 0.593. The van der Waals surface area contributed by atoms with Gasteiger partial charge in [0.05, 0.1) is 17.7 Å². The maximum atomic E-state index is 12.8. The third-order valence-corrected chi connectivity index (χ3v) is 6.75. The topological polar surface area (TPSA) is 88.9 Å². The van der Waals surface area contributed by atoms with E-state index in [0.29, 0.717) is 34.8 Å². The Morgan fingerprint density at radius 2 is 1.86 bits per heavy atom. The zero-order valence-electron chi connectivity index (χ0n) is 16.2. The molecule has 1 aromatic heterocycles. The average molecular weight is 437 g/mol. The van der Waals surface area contributed by atoms with Crippen LogP contribution in [0, 0.1) is 0 Å². The third-order valence-electron chi connectivity index (χ3n) is 4.46. The van der Waals surface area contributed by atoms with Crippen molar-refractivity contribution in [1.29, 1.82) is 0 Å². The number of carbonyl (C=O) groups is 1. The molecule has 0 radical (unpaired) electrons. The van der Waals surface area contributed by atoms with Gasteiger partial charge in [0.25, 0.3) is 5.91 Å². The molecule has 0 atom stereocenters. The van der Waals surface area contributed by atoms with E-state index in [-0.39, 0.29) is 16.3 Å². The monoisotopic (exact) mass is 436 g/mol. The number of rotatable bonds is 7. The van der Waals surface area contributed by atoms with Crippen LogP contribution < -0.4 is 10.1 Å². The van der Waals surface area contributed by atoms with Crippen LogP contribution in [0.5, 0.6) is 5.75 Å². The standard InChI is InChI=1S/C20H21ClN2O5S/c1-4-23(5-2)29(25,26)15-7-9-18(27-3)16(12-15)22-20(24)19-11-13-10-14(21)6-8-17(13)28-19/h6-12H,4-5H2,1-3H3,(H,22,24). The summed E-state index contributed by atoms with van der Waals surface area (Å²) in [7, 11) is -2.25. The molecule has 1 amide bonds. The number of benzene rings is 2. The number of hydrogen-bond donors (Lipinski definition) is 1. The number of nitrogens with zero attached hydrogens (tertiary/aromatic N) is 1. The predicted molar refractivity (Wildman–Crippen MR) is 112 cm³/mol.